The number of H-pyrrole nitrogens is 1. The lowest BCUT2D eigenvalue weighted by Crippen LogP contribution is -2.31. The van der Waals surface area contributed by atoms with Gasteiger partial charge in [-0.1, -0.05) is 50.9 Å². The van der Waals surface area contributed by atoms with E-state index in [0.29, 0.717) is 0 Å². The summed E-state index contributed by atoms with van der Waals surface area (Å²) in [4.78, 5) is 0. The Morgan fingerprint density at radius 3 is 2.58 bits per heavy atom. The van der Waals surface area contributed by atoms with Gasteiger partial charge in [0, 0.05) is 22.2 Å². The van der Waals surface area contributed by atoms with Crippen molar-refractivity contribution < 1.29 is 4.68 Å². The van der Waals surface area contributed by atoms with Gasteiger partial charge in [0.1, 0.15) is 5.69 Å². The molecule has 0 bridgehead atoms. The van der Waals surface area contributed by atoms with E-state index in [9.17, 15) is 0 Å². The smallest absolute Gasteiger partial charge is 0.235 e. The van der Waals surface area contributed by atoms with Crippen LogP contribution in [0.25, 0.3) is 16.9 Å². The van der Waals surface area contributed by atoms with E-state index in [1.54, 1.807) is 6.21 Å². The number of hydrogen-bond acceptors (Lipinski definition) is 2. The summed E-state index contributed by atoms with van der Waals surface area (Å²) >= 11 is 3.50. The van der Waals surface area contributed by atoms with Crippen LogP contribution in [0, 0.1) is 0 Å². The molecular weight excluding hydrogens is 368 g/mol. The van der Waals surface area contributed by atoms with Crippen LogP contribution >= 0.6 is 15.9 Å². The first-order valence-electron chi connectivity index (χ1n) is 7.21. The van der Waals surface area contributed by atoms with Crippen molar-refractivity contribution >= 4 is 28.1 Å². The molecular formula is C17H16BrN6+. The number of halogens is 1. The van der Waals surface area contributed by atoms with Crippen molar-refractivity contribution in [3.05, 3.63) is 70.8 Å². The monoisotopic (exact) mass is 383 g/mol. The lowest BCUT2D eigenvalue weighted by molar-refractivity contribution is -0.654. The van der Waals surface area contributed by atoms with Gasteiger partial charge >= 0.3 is 0 Å². The highest BCUT2D eigenvalue weighted by Gasteiger charge is 2.17. The molecule has 0 aliphatic rings. The fraction of sp³-hybridized carbons (Fsp3) is 0. The van der Waals surface area contributed by atoms with E-state index in [-0.39, 0.29) is 5.96 Å². The lowest BCUT2D eigenvalue weighted by atomic mass is 10.1. The first-order valence-corrected chi connectivity index (χ1v) is 8.01. The molecule has 0 saturated heterocycles. The van der Waals surface area contributed by atoms with Crippen molar-refractivity contribution in [2.45, 2.75) is 0 Å². The quantitative estimate of drug-likeness (QED) is 0.279. The first-order chi connectivity index (χ1) is 11.6. The highest BCUT2D eigenvalue weighted by atomic mass is 79.9. The van der Waals surface area contributed by atoms with Crippen molar-refractivity contribution in [2.24, 2.45) is 21.7 Å². The molecule has 2 aromatic carbocycles. The zero-order valence-electron chi connectivity index (χ0n) is 12.7. The largest absolute Gasteiger partial charge is 0.369 e. The molecule has 0 aliphatic heterocycles. The zero-order chi connectivity index (χ0) is 16.9. The molecule has 0 saturated carbocycles. The molecule has 3 rings (SSSR count). The molecule has 0 spiro atoms. The highest BCUT2D eigenvalue weighted by Crippen LogP contribution is 2.23. The van der Waals surface area contributed by atoms with Gasteiger partial charge in [-0.3, -0.25) is 0 Å². The fourth-order valence-electron chi connectivity index (χ4n) is 2.28. The first kappa shape index (κ1) is 15.9. The van der Waals surface area contributed by atoms with E-state index in [2.05, 4.69) is 31.2 Å². The molecule has 1 heterocycles. The predicted molar refractivity (Wildman–Crippen MR) is 98.9 cm³/mol. The van der Waals surface area contributed by atoms with Crippen LogP contribution in [0.5, 0.6) is 0 Å². The highest BCUT2D eigenvalue weighted by molar-refractivity contribution is 9.10. The molecule has 0 amide bonds. The number of rotatable bonds is 4. The minimum atomic E-state index is -0.0817. The van der Waals surface area contributed by atoms with Gasteiger partial charge in [-0.25, -0.2) is 0 Å². The molecule has 5 N–H and O–H groups in total. The number of benzene rings is 2. The van der Waals surface area contributed by atoms with E-state index in [0.717, 1.165) is 27.0 Å². The molecule has 7 heteroatoms. The Bertz CT molecular complexity index is 894. The Kier molecular flexibility index (Phi) is 4.72. The van der Waals surface area contributed by atoms with Crippen LogP contribution in [-0.4, -0.2) is 17.3 Å². The number of aromatic nitrogens is 2. The van der Waals surface area contributed by atoms with Gasteiger partial charge in [0.15, 0.2) is 0 Å². The van der Waals surface area contributed by atoms with E-state index in [1.165, 1.54) is 0 Å². The SMILES string of the molecule is NC(N)=N/N=C/c1c[n+](-c2ccccc2)[nH]c1-c1cccc(Br)c1. The average Bonchev–Trinajstić information content (AvgIpc) is 2.99. The number of hydrogen-bond donors (Lipinski definition) is 3. The molecule has 1 aromatic heterocycles. The summed E-state index contributed by atoms with van der Waals surface area (Å²) in [5.41, 5.74) is 14.4. The van der Waals surface area contributed by atoms with Crippen LogP contribution in [0.4, 0.5) is 0 Å². The number of nitrogens with two attached hydrogens (primary N) is 2. The summed E-state index contributed by atoms with van der Waals surface area (Å²) in [5, 5.41) is 11.0. The zero-order valence-corrected chi connectivity index (χ0v) is 14.3. The Labute approximate surface area is 147 Å². The summed E-state index contributed by atoms with van der Waals surface area (Å²) in [5.74, 6) is -0.0817. The van der Waals surface area contributed by atoms with Crippen LogP contribution in [0.2, 0.25) is 0 Å². The van der Waals surface area contributed by atoms with E-state index in [4.69, 9.17) is 11.5 Å². The lowest BCUT2D eigenvalue weighted by Gasteiger charge is -1.98. The second-order valence-corrected chi connectivity index (χ2v) is 5.97. The van der Waals surface area contributed by atoms with Crippen molar-refractivity contribution in [1.29, 1.82) is 0 Å². The molecule has 3 aromatic rings. The van der Waals surface area contributed by atoms with Crippen LogP contribution in [0.15, 0.2) is 75.5 Å². The van der Waals surface area contributed by atoms with Crippen molar-refractivity contribution in [2.75, 3.05) is 0 Å². The number of guanidine groups is 1. The molecule has 0 atom stereocenters. The van der Waals surface area contributed by atoms with Crippen LogP contribution in [0.1, 0.15) is 5.56 Å². The van der Waals surface area contributed by atoms with Crippen LogP contribution in [0.3, 0.4) is 0 Å². The number of aromatic amines is 1. The topological polar surface area (TPSA) is 96.4 Å². The van der Waals surface area contributed by atoms with Crippen LogP contribution in [-0.2, 0) is 0 Å². The van der Waals surface area contributed by atoms with E-state index in [1.807, 2.05) is 65.5 Å². The average molecular weight is 384 g/mol. The standard InChI is InChI=1S/C17H15BrN6/c18-14-6-4-5-12(9-14)16-13(10-21-22-17(19)20)11-24(23-16)15-7-2-1-3-8-15/h1-11H,(H4,19,20,22)/p+1/b21-10+. The molecule has 0 unspecified atom stereocenters. The Morgan fingerprint density at radius 1 is 1.08 bits per heavy atom. The third kappa shape index (κ3) is 3.69. The second-order valence-electron chi connectivity index (χ2n) is 5.06. The van der Waals surface area contributed by atoms with Gasteiger partial charge in [-0.15, -0.1) is 5.10 Å². The summed E-state index contributed by atoms with van der Waals surface area (Å²) in [6.07, 6.45) is 3.56. The maximum absolute atomic E-state index is 5.32. The summed E-state index contributed by atoms with van der Waals surface area (Å²) in [6, 6.07) is 18.0. The Morgan fingerprint density at radius 2 is 1.88 bits per heavy atom. The Hall–Kier alpha value is -2.93. The molecule has 6 nitrogen and oxygen atoms in total. The van der Waals surface area contributed by atoms with Gasteiger partial charge in [0.25, 0.3) is 0 Å². The molecule has 0 fully saturated rings. The van der Waals surface area contributed by atoms with Crippen molar-refractivity contribution in [3.63, 3.8) is 0 Å². The van der Waals surface area contributed by atoms with E-state index < -0.39 is 0 Å². The summed E-state index contributed by atoms with van der Waals surface area (Å²) in [6.45, 7) is 0. The maximum Gasteiger partial charge on any atom is 0.235 e. The second kappa shape index (κ2) is 7.10. The van der Waals surface area contributed by atoms with Crippen molar-refractivity contribution in [3.8, 4) is 16.9 Å². The number of nitrogens with one attached hydrogen (secondary N) is 1. The fourth-order valence-corrected chi connectivity index (χ4v) is 2.68. The predicted octanol–water partition coefficient (Wildman–Crippen LogP) is 2.33. The van der Waals surface area contributed by atoms with E-state index >= 15 is 0 Å². The van der Waals surface area contributed by atoms with Gasteiger partial charge in [-0.2, -0.15) is 10.2 Å². The minimum Gasteiger partial charge on any atom is -0.369 e. The van der Waals surface area contributed by atoms with Gasteiger partial charge in [-0.05, 0) is 12.1 Å². The maximum atomic E-state index is 5.32. The number of nitrogens with zero attached hydrogens (tertiary/aromatic N) is 3. The third-order valence-corrected chi connectivity index (χ3v) is 3.80. The molecule has 0 aliphatic carbocycles. The minimum absolute atomic E-state index is 0.0817. The van der Waals surface area contributed by atoms with Gasteiger partial charge in [0.2, 0.25) is 17.8 Å². The number of para-hydroxylation sites is 1. The molecule has 120 valence electrons. The van der Waals surface area contributed by atoms with Gasteiger partial charge in [0.05, 0.1) is 11.8 Å². The van der Waals surface area contributed by atoms with Gasteiger partial charge < -0.3 is 11.5 Å². The molecule has 24 heavy (non-hydrogen) atoms. The summed E-state index contributed by atoms with van der Waals surface area (Å²) < 4.78 is 2.92. The normalized spacial score (nSPS) is 10.9. The third-order valence-electron chi connectivity index (χ3n) is 3.31. The Balaban J connectivity index is 2.09. The molecule has 0 radical (unpaired) electrons. The summed E-state index contributed by atoms with van der Waals surface area (Å²) in [7, 11) is 0. The van der Waals surface area contributed by atoms with Crippen LogP contribution < -0.4 is 16.1 Å². The van der Waals surface area contributed by atoms with Crippen molar-refractivity contribution in [1.82, 2.24) is 5.10 Å².